The number of nitrogens with zero attached hydrogens (tertiary/aromatic N) is 2. The number of guanidine groups is 1. The van der Waals surface area contributed by atoms with E-state index in [1.165, 1.54) is 18.4 Å². The van der Waals surface area contributed by atoms with Crippen molar-refractivity contribution in [2.45, 2.75) is 30.4 Å². The molecule has 0 spiro atoms. The molecule has 2 N–H and O–H groups in total. The van der Waals surface area contributed by atoms with Crippen molar-refractivity contribution in [3.8, 4) is 0 Å². The minimum Gasteiger partial charge on any atom is -0.379 e. The van der Waals surface area contributed by atoms with Gasteiger partial charge in [0, 0.05) is 47.4 Å². The van der Waals surface area contributed by atoms with Crippen LogP contribution in [0.3, 0.4) is 0 Å². The highest BCUT2D eigenvalue weighted by Crippen LogP contribution is 2.18. The fourth-order valence-corrected chi connectivity index (χ4v) is 3.79. The SMILES string of the molecule is CN=C(NCCCOC1CCOC1)NCc1ccccc1S(=O)(=O)N(C)C.I. The van der Waals surface area contributed by atoms with Crippen molar-refractivity contribution in [1.29, 1.82) is 0 Å². The first-order valence-corrected chi connectivity index (χ1v) is 10.5. The van der Waals surface area contributed by atoms with Gasteiger partial charge < -0.3 is 20.1 Å². The summed E-state index contributed by atoms with van der Waals surface area (Å²) in [5.41, 5.74) is 0.693. The highest BCUT2D eigenvalue weighted by Gasteiger charge is 2.20. The van der Waals surface area contributed by atoms with Gasteiger partial charge in [0.25, 0.3) is 0 Å². The van der Waals surface area contributed by atoms with Gasteiger partial charge in [0.2, 0.25) is 10.0 Å². The number of halogens is 1. The lowest BCUT2D eigenvalue weighted by molar-refractivity contribution is 0.0420. The summed E-state index contributed by atoms with van der Waals surface area (Å²) < 4.78 is 37.1. The molecule has 1 saturated heterocycles. The minimum atomic E-state index is -3.49. The zero-order valence-electron chi connectivity index (χ0n) is 16.7. The molecule has 0 saturated carbocycles. The van der Waals surface area contributed by atoms with Crippen molar-refractivity contribution < 1.29 is 17.9 Å². The Morgan fingerprint density at radius 1 is 1.32 bits per heavy atom. The maximum absolute atomic E-state index is 12.4. The van der Waals surface area contributed by atoms with Crippen LogP contribution in [0.5, 0.6) is 0 Å². The Bertz CT molecular complexity index is 722. The number of ether oxygens (including phenoxy) is 2. The topological polar surface area (TPSA) is 92.3 Å². The van der Waals surface area contributed by atoms with Crippen LogP contribution in [0.25, 0.3) is 0 Å². The summed E-state index contributed by atoms with van der Waals surface area (Å²) in [4.78, 5) is 4.48. The molecule has 28 heavy (non-hydrogen) atoms. The zero-order valence-corrected chi connectivity index (χ0v) is 19.8. The van der Waals surface area contributed by atoms with E-state index >= 15 is 0 Å². The van der Waals surface area contributed by atoms with E-state index in [9.17, 15) is 8.42 Å². The smallest absolute Gasteiger partial charge is 0.242 e. The van der Waals surface area contributed by atoms with Gasteiger partial charge in [0.15, 0.2) is 5.96 Å². The van der Waals surface area contributed by atoms with Crippen LogP contribution in [0.2, 0.25) is 0 Å². The van der Waals surface area contributed by atoms with Gasteiger partial charge in [-0.1, -0.05) is 18.2 Å². The van der Waals surface area contributed by atoms with Gasteiger partial charge in [0.1, 0.15) is 0 Å². The fourth-order valence-electron chi connectivity index (χ4n) is 2.67. The highest BCUT2D eigenvalue weighted by atomic mass is 127. The summed E-state index contributed by atoms with van der Waals surface area (Å²) >= 11 is 0. The van der Waals surface area contributed by atoms with Crippen LogP contribution in [0.1, 0.15) is 18.4 Å². The second-order valence-corrected chi connectivity index (χ2v) is 8.58. The largest absolute Gasteiger partial charge is 0.379 e. The molecule has 1 heterocycles. The predicted molar refractivity (Wildman–Crippen MR) is 121 cm³/mol. The summed E-state index contributed by atoms with van der Waals surface area (Å²) in [5.74, 6) is 0.622. The molecule has 1 aromatic carbocycles. The van der Waals surface area contributed by atoms with E-state index in [0.717, 1.165) is 19.4 Å². The third kappa shape index (κ3) is 7.47. The second kappa shape index (κ2) is 12.6. The Kier molecular flexibility index (Phi) is 11.3. The molecular weight excluding hydrogens is 495 g/mol. The lowest BCUT2D eigenvalue weighted by Crippen LogP contribution is -2.38. The van der Waals surface area contributed by atoms with Crippen molar-refractivity contribution in [2.24, 2.45) is 4.99 Å². The molecule has 0 radical (unpaired) electrons. The van der Waals surface area contributed by atoms with Crippen LogP contribution in [-0.4, -0.2) is 72.3 Å². The maximum atomic E-state index is 12.4. The average Bonchev–Trinajstić information content (AvgIpc) is 3.17. The number of nitrogens with one attached hydrogen (secondary N) is 2. The van der Waals surface area contributed by atoms with E-state index in [1.54, 1.807) is 25.2 Å². The fraction of sp³-hybridized carbons (Fsp3) is 0.611. The molecule has 1 aliphatic rings. The molecule has 0 aromatic heterocycles. The third-order valence-electron chi connectivity index (χ3n) is 4.26. The molecule has 0 bridgehead atoms. The molecule has 1 fully saturated rings. The van der Waals surface area contributed by atoms with Gasteiger partial charge in [-0.2, -0.15) is 0 Å². The number of hydrogen-bond acceptors (Lipinski definition) is 5. The van der Waals surface area contributed by atoms with E-state index < -0.39 is 10.0 Å². The van der Waals surface area contributed by atoms with Crippen molar-refractivity contribution >= 4 is 40.0 Å². The standard InChI is InChI=1S/C18H30N4O4S.HI/c1-19-18(20-10-6-11-26-16-9-12-25-14-16)21-13-15-7-4-5-8-17(15)27(23,24)22(2)3;/h4-5,7-8,16H,6,9-14H2,1-3H3,(H2,19,20,21);1H. The van der Waals surface area contributed by atoms with Crippen molar-refractivity contribution in [2.75, 3.05) is 47.5 Å². The molecule has 160 valence electrons. The minimum absolute atomic E-state index is 0. The molecule has 1 aliphatic heterocycles. The van der Waals surface area contributed by atoms with Gasteiger partial charge in [-0.25, -0.2) is 12.7 Å². The number of hydrogen-bond donors (Lipinski definition) is 2. The number of aliphatic imine (C=N–C) groups is 1. The van der Waals surface area contributed by atoms with Crippen LogP contribution >= 0.6 is 24.0 Å². The van der Waals surface area contributed by atoms with Gasteiger partial charge in [0.05, 0.1) is 17.6 Å². The second-order valence-electron chi connectivity index (χ2n) is 6.46. The zero-order chi connectivity index (χ0) is 19.7. The van der Waals surface area contributed by atoms with Gasteiger partial charge in [-0.15, -0.1) is 24.0 Å². The molecule has 2 rings (SSSR count). The van der Waals surface area contributed by atoms with Gasteiger partial charge >= 0.3 is 0 Å². The Morgan fingerprint density at radius 2 is 2.07 bits per heavy atom. The van der Waals surface area contributed by atoms with Crippen LogP contribution in [0.4, 0.5) is 0 Å². The van der Waals surface area contributed by atoms with Crippen LogP contribution < -0.4 is 10.6 Å². The number of benzene rings is 1. The summed E-state index contributed by atoms with van der Waals surface area (Å²) in [6.07, 6.45) is 2.03. The first kappa shape index (κ1) is 25.1. The normalized spacial score (nSPS) is 17.4. The van der Waals surface area contributed by atoms with Crippen molar-refractivity contribution in [3.05, 3.63) is 29.8 Å². The van der Waals surface area contributed by atoms with Crippen molar-refractivity contribution in [1.82, 2.24) is 14.9 Å². The Labute approximate surface area is 185 Å². The monoisotopic (exact) mass is 526 g/mol. The van der Waals surface area contributed by atoms with Crippen molar-refractivity contribution in [3.63, 3.8) is 0 Å². The first-order chi connectivity index (χ1) is 12.9. The van der Waals surface area contributed by atoms with E-state index in [4.69, 9.17) is 9.47 Å². The predicted octanol–water partition coefficient (Wildman–Crippen LogP) is 1.42. The average molecular weight is 526 g/mol. The van der Waals surface area contributed by atoms with Crippen LogP contribution in [0.15, 0.2) is 34.2 Å². The van der Waals surface area contributed by atoms with E-state index in [1.807, 2.05) is 6.07 Å². The van der Waals surface area contributed by atoms with E-state index in [2.05, 4.69) is 15.6 Å². The molecule has 0 aliphatic carbocycles. The summed E-state index contributed by atoms with van der Waals surface area (Å²) in [6, 6.07) is 6.97. The molecule has 10 heteroatoms. The summed E-state index contributed by atoms with van der Waals surface area (Å²) in [6.45, 7) is 3.21. The van der Waals surface area contributed by atoms with Crippen LogP contribution in [0, 0.1) is 0 Å². The lowest BCUT2D eigenvalue weighted by Gasteiger charge is -2.17. The summed E-state index contributed by atoms with van der Waals surface area (Å²) in [7, 11) is 1.25. The summed E-state index contributed by atoms with van der Waals surface area (Å²) in [5, 5.41) is 6.38. The molecule has 8 nitrogen and oxygen atoms in total. The quantitative estimate of drug-likeness (QED) is 0.219. The van der Waals surface area contributed by atoms with Crippen LogP contribution in [-0.2, 0) is 26.0 Å². The molecular formula is C18H31IN4O4S. The number of sulfonamides is 1. The first-order valence-electron chi connectivity index (χ1n) is 9.09. The molecule has 1 aromatic rings. The van der Waals surface area contributed by atoms with E-state index in [0.29, 0.717) is 42.7 Å². The van der Waals surface area contributed by atoms with Gasteiger partial charge in [-0.05, 0) is 24.5 Å². The number of rotatable bonds is 9. The molecule has 1 unspecified atom stereocenters. The maximum Gasteiger partial charge on any atom is 0.242 e. The van der Waals surface area contributed by atoms with Gasteiger partial charge in [-0.3, -0.25) is 4.99 Å². The Hall–Kier alpha value is -0.950. The highest BCUT2D eigenvalue weighted by molar-refractivity contribution is 14.0. The van der Waals surface area contributed by atoms with E-state index in [-0.39, 0.29) is 30.1 Å². The lowest BCUT2D eigenvalue weighted by atomic mass is 10.2. The Balaban J connectivity index is 0.00000392. The molecule has 1 atom stereocenters. The third-order valence-corrected chi connectivity index (χ3v) is 6.17. The Morgan fingerprint density at radius 3 is 2.71 bits per heavy atom. The molecule has 0 amide bonds.